The fourth-order valence-electron chi connectivity index (χ4n) is 3.76. The molecule has 2 heterocycles. The first-order chi connectivity index (χ1) is 20.7. The molecule has 44 heavy (non-hydrogen) atoms. The van der Waals surface area contributed by atoms with Crippen molar-refractivity contribution < 1.29 is 41.4 Å². The summed E-state index contributed by atoms with van der Waals surface area (Å²) in [6.07, 6.45) is -2.08. The molecule has 1 aliphatic rings. The van der Waals surface area contributed by atoms with Crippen LogP contribution in [0.2, 0.25) is 0 Å². The van der Waals surface area contributed by atoms with Crippen molar-refractivity contribution in [3.63, 3.8) is 0 Å². The molecule has 1 aliphatic heterocycles. The number of amides is 1. The zero-order valence-corrected chi connectivity index (χ0v) is 24.7. The van der Waals surface area contributed by atoms with E-state index >= 15 is 0 Å². The van der Waals surface area contributed by atoms with Gasteiger partial charge in [0.2, 0.25) is 0 Å². The molecule has 10 nitrogen and oxygen atoms in total. The second-order valence-corrected chi connectivity index (χ2v) is 9.16. The van der Waals surface area contributed by atoms with Gasteiger partial charge in [-0.15, -0.1) is 0 Å². The van der Waals surface area contributed by atoms with Crippen molar-refractivity contribution in [2.45, 2.75) is 26.6 Å². The predicted molar refractivity (Wildman–Crippen MR) is 154 cm³/mol. The van der Waals surface area contributed by atoms with Crippen LogP contribution in [0.1, 0.15) is 28.4 Å². The summed E-state index contributed by atoms with van der Waals surface area (Å²) >= 11 is 0. The molecule has 3 aromatic rings. The number of carbonyl (C=O) groups excluding carboxylic acids is 2. The fourth-order valence-corrected chi connectivity index (χ4v) is 3.76. The molecular formula is C29H35F5N4O6. The van der Waals surface area contributed by atoms with E-state index in [9.17, 15) is 41.1 Å². The van der Waals surface area contributed by atoms with Crippen LogP contribution in [0, 0.1) is 18.6 Å². The van der Waals surface area contributed by atoms with Gasteiger partial charge in [0.25, 0.3) is 11.5 Å². The molecule has 0 saturated carbocycles. The largest absolute Gasteiger partial charge is 0.400 e. The molecule has 15 heteroatoms. The molecule has 1 fully saturated rings. The molecule has 2 N–H and O–H groups in total. The Morgan fingerprint density at radius 3 is 2.14 bits per heavy atom. The fraction of sp³-hybridized carbons (Fsp3) is 0.379. The SMILES string of the molecule is CC(F)(F)F.CO.Cc1cccc(Cn2c(=O)ccn(C)c2=O)c1.O=CCNC(=O)c1c(F)cc(N2CCOCC2)cc1F. The van der Waals surface area contributed by atoms with Gasteiger partial charge in [-0.1, -0.05) is 29.8 Å². The number of carbonyl (C=O) groups is 2. The van der Waals surface area contributed by atoms with Crippen LogP contribution in [0.25, 0.3) is 0 Å². The molecular weight excluding hydrogens is 595 g/mol. The van der Waals surface area contributed by atoms with Gasteiger partial charge in [0.15, 0.2) is 0 Å². The van der Waals surface area contributed by atoms with Crippen molar-refractivity contribution in [3.05, 3.63) is 97.8 Å². The zero-order valence-electron chi connectivity index (χ0n) is 24.7. The van der Waals surface area contributed by atoms with Gasteiger partial charge in [-0.25, -0.2) is 13.6 Å². The number of aromatic nitrogens is 2. The van der Waals surface area contributed by atoms with Crippen molar-refractivity contribution >= 4 is 17.9 Å². The van der Waals surface area contributed by atoms with E-state index < -0.39 is 29.3 Å². The number of hydrogen-bond donors (Lipinski definition) is 2. The molecule has 0 atom stereocenters. The lowest BCUT2D eigenvalue weighted by Gasteiger charge is -2.29. The van der Waals surface area contributed by atoms with Crippen molar-refractivity contribution in [1.29, 1.82) is 0 Å². The van der Waals surface area contributed by atoms with E-state index in [1.54, 1.807) is 11.9 Å². The van der Waals surface area contributed by atoms with Crippen LogP contribution in [0.15, 0.2) is 58.3 Å². The lowest BCUT2D eigenvalue weighted by Crippen LogP contribution is -2.38. The van der Waals surface area contributed by atoms with E-state index in [0.29, 0.717) is 44.8 Å². The maximum atomic E-state index is 13.9. The monoisotopic (exact) mass is 630 g/mol. The zero-order chi connectivity index (χ0) is 33.4. The van der Waals surface area contributed by atoms with E-state index in [4.69, 9.17) is 9.84 Å². The van der Waals surface area contributed by atoms with Gasteiger partial charge in [-0.3, -0.25) is 14.2 Å². The molecule has 1 amide bonds. The number of aliphatic hydroxyl groups is 1. The molecule has 0 radical (unpaired) electrons. The van der Waals surface area contributed by atoms with E-state index in [-0.39, 0.29) is 24.7 Å². The maximum Gasteiger partial charge on any atom is 0.386 e. The standard InChI is InChI=1S/C13H14F2N2O3.C13H14N2O2.C2H3F3.CH4O/c14-10-7-9(17-2-5-20-6-3-17)8-11(15)12(10)13(19)16-1-4-18;1-10-4-3-5-11(8-10)9-15-12(16)6-7-14(2)13(15)17;1-2(3,4)5;1-2/h4,7-8H,1-3,5-6H2,(H,16,19);3-8H,9H2,1-2H3;1H3;2H,1H3. The lowest BCUT2D eigenvalue weighted by molar-refractivity contribution is -0.110. The van der Waals surface area contributed by atoms with Gasteiger partial charge < -0.3 is 29.4 Å². The normalized spacial score (nSPS) is 12.4. The number of alkyl halides is 3. The first kappa shape index (κ1) is 37.7. The Kier molecular flexibility index (Phi) is 15.7. The van der Waals surface area contributed by atoms with Gasteiger partial charge in [0.05, 0.1) is 26.3 Å². The van der Waals surface area contributed by atoms with Crippen LogP contribution >= 0.6 is 0 Å². The summed E-state index contributed by atoms with van der Waals surface area (Å²) in [5.41, 5.74) is 1.20. The Morgan fingerprint density at radius 2 is 1.61 bits per heavy atom. The predicted octanol–water partition coefficient (Wildman–Crippen LogP) is 2.81. The number of aryl methyl sites for hydroxylation is 2. The van der Waals surface area contributed by atoms with Gasteiger partial charge in [-0.05, 0) is 24.6 Å². The molecule has 0 bridgehead atoms. The minimum absolute atomic E-state index is 0.188. The minimum atomic E-state index is -4.00. The Hall–Kier alpha value is -4.37. The Balaban J connectivity index is 0.000000367. The van der Waals surface area contributed by atoms with Gasteiger partial charge in [-0.2, -0.15) is 13.2 Å². The highest BCUT2D eigenvalue weighted by Gasteiger charge is 2.21. The van der Waals surface area contributed by atoms with Crippen molar-refractivity contribution in [3.8, 4) is 0 Å². The number of nitrogens with one attached hydrogen (secondary N) is 1. The Bertz CT molecular complexity index is 1460. The van der Waals surface area contributed by atoms with Crippen molar-refractivity contribution in [2.24, 2.45) is 7.05 Å². The number of anilines is 1. The van der Waals surface area contributed by atoms with Gasteiger partial charge in [0, 0.05) is 52.1 Å². The average Bonchev–Trinajstić information content (AvgIpc) is 2.97. The van der Waals surface area contributed by atoms with Crippen LogP contribution in [-0.4, -0.2) is 72.6 Å². The van der Waals surface area contributed by atoms with Crippen molar-refractivity contribution in [1.82, 2.24) is 14.5 Å². The van der Waals surface area contributed by atoms with Crippen LogP contribution in [0.3, 0.4) is 0 Å². The number of rotatable bonds is 6. The third kappa shape index (κ3) is 12.9. The Labute approximate surface area is 250 Å². The molecule has 2 aromatic carbocycles. The number of aliphatic hydroxyl groups excluding tert-OH is 1. The Morgan fingerprint density at radius 1 is 1.05 bits per heavy atom. The second kappa shape index (κ2) is 18.3. The molecule has 0 spiro atoms. The lowest BCUT2D eigenvalue weighted by atomic mass is 10.1. The van der Waals surface area contributed by atoms with Gasteiger partial charge >= 0.3 is 11.9 Å². The highest BCUT2D eigenvalue weighted by atomic mass is 19.4. The van der Waals surface area contributed by atoms with E-state index in [0.717, 1.165) is 30.4 Å². The van der Waals surface area contributed by atoms with Crippen LogP contribution < -0.4 is 21.5 Å². The van der Waals surface area contributed by atoms with Crippen LogP contribution in [0.4, 0.5) is 27.6 Å². The maximum absolute atomic E-state index is 13.9. The van der Waals surface area contributed by atoms with Crippen LogP contribution in [-0.2, 0) is 23.1 Å². The summed E-state index contributed by atoms with van der Waals surface area (Å²) in [5, 5.41) is 9.11. The highest BCUT2D eigenvalue weighted by molar-refractivity contribution is 5.96. The van der Waals surface area contributed by atoms with Crippen molar-refractivity contribution in [2.75, 3.05) is 44.9 Å². The highest BCUT2D eigenvalue weighted by Crippen LogP contribution is 2.23. The minimum Gasteiger partial charge on any atom is -0.400 e. The number of benzene rings is 2. The number of halogens is 5. The third-order valence-electron chi connectivity index (χ3n) is 5.64. The first-order valence-corrected chi connectivity index (χ1v) is 13.1. The number of aldehydes is 1. The summed E-state index contributed by atoms with van der Waals surface area (Å²) in [6.45, 7) is 4.25. The van der Waals surface area contributed by atoms with E-state index in [2.05, 4.69) is 5.32 Å². The number of hydrogen-bond acceptors (Lipinski definition) is 7. The second-order valence-electron chi connectivity index (χ2n) is 9.16. The first-order valence-electron chi connectivity index (χ1n) is 13.1. The summed E-state index contributed by atoms with van der Waals surface area (Å²) in [4.78, 5) is 46.9. The summed E-state index contributed by atoms with van der Waals surface area (Å²) in [5.74, 6) is -2.84. The number of ether oxygens (including phenoxy) is 1. The molecule has 242 valence electrons. The molecule has 1 saturated heterocycles. The molecule has 0 unspecified atom stereocenters. The van der Waals surface area contributed by atoms with Gasteiger partial charge in [0.1, 0.15) is 23.5 Å². The molecule has 1 aromatic heterocycles. The van der Waals surface area contributed by atoms with E-state index in [1.165, 1.54) is 21.4 Å². The molecule has 4 rings (SSSR count). The summed E-state index contributed by atoms with van der Waals surface area (Å²) in [7, 11) is 2.63. The van der Waals surface area contributed by atoms with Crippen LogP contribution in [0.5, 0.6) is 0 Å². The third-order valence-corrected chi connectivity index (χ3v) is 5.64. The quantitative estimate of drug-likeness (QED) is 0.317. The number of morpholine rings is 1. The van der Waals surface area contributed by atoms with E-state index in [1.807, 2.05) is 31.2 Å². The summed E-state index contributed by atoms with van der Waals surface area (Å²) in [6, 6.07) is 11.4. The topological polar surface area (TPSA) is 123 Å². The number of nitrogens with zero attached hydrogens (tertiary/aromatic N) is 3. The summed E-state index contributed by atoms with van der Waals surface area (Å²) < 4.78 is 66.6. The molecule has 0 aliphatic carbocycles. The smallest absolute Gasteiger partial charge is 0.386 e. The average molecular weight is 631 g/mol.